The lowest BCUT2D eigenvalue weighted by molar-refractivity contribution is 0.630. The topological polar surface area (TPSA) is 78.0 Å². The van der Waals surface area contributed by atoms with Gasteiger partial charge in [0.05, 0.1) is 0 Å². The summed E-state index contributed by atoms with van der Waals surface area (Å²) < 4.78 is 0. The number of rotatable bonds is 2. The number of piperazine rings is 1. The van der Waals surface area contributed by atoms with Crippen LogP contribution >= 0.6 is 0 Å². The van der Waals surface area contributed by atoms with Gasteiger partial charge in [0.1, 0.15) is 5.82 Å². The molecule has 1 saturated heterocycles. The van der Waals surface area contributed by atoms with Gasteiger partial charge in [-0.25, -0.2) is 15.1 Å². The molecule has 0 spiro atoms. The minimum atomic E-state index is -0.180. The molecule has 104 valence electrons. The summed E-state index contributed by atoms with van der Waals surface area (Å²) in [6.07, 6.45) is 1.79. The first-order valence-electron chi connectivity index (χ1n) is 6.58. The summed E-state index contributed by atoms with van der Waals surface area (Å²) in [6, 6.07) is 5.14. The van der Waals surface area contributed by atoms with Crippen LogP contribution < -0.4 is 15.4 Å². The van der Waals surface area contributed by atoms with Gasteiger partial charge < -0.3 is 9.80 Å². The van der Waals surface area contributed by atoms with Crippen molar-refractivity contribution in [2.75, 3.05) is 36.0 Å². The van der Waals surface area contributed by atoms with Gasteiger partial charge in [-0.3, -0.25) is 4.79 Å². The van der Waals surface area contributed by atoms with E-state index in [1.807, 2.05) is 13.0 Å². The molecule has 7 nitrogen and oxygen atoms in total. The summed E-state index contributed by atoms with van der Waals surface area (Å²) in [5, 5.41) is 6.51. The van der Waals surface area contributed by atoms with E-state index in [4.69, 9.17) is 0 Å². The molecule has 1 fully saturated rings. The summed E-state index contributed by atoms with van der Waals surface area (Å²) in [4.78, 5) is 24.1. The quantitative estimate of drug-likeness (QED) is 0.841. The lowest BCUT2D eigenvalue weighted by Crippen LogP contribution is -2.47. The fourth-order valence-electron chi connectivity index (χ4n) is 2.24. The van der Waals surface area contributed by atoms with Crippen LogP contribution in [0.5, 0.6) is 0 Å². The van der Waals surface area contributed by atoms with Crippen molar-refractivity contribution in [1.29, 1.82) is 0 Å². The van der Waals surface area contributed by atoms with Crippen molar-refractivity contribution in [3.05, 3.63) is 40.4 Å². The average molecular weight is 272 g/mol. The van der Waals surface area contributed by atoms with Crippen LogP contribution in [0.4, 0.5) is 11.8 Å². The number of aromatic nitrogens is 4. The third kappa shape index (κ3) is 2.61. The van der Waals surface area contributed by atoms with Crippen LogP contribution in [0.1, 0.15) is 5.69 Å². The van der Waals surface area contributed by atoms with E-state index in [9.17, 15) is 4.79 Å². The first-order valence-corrected chi connectivity index (χ1v) is 6.58. The van der Waals surface area contributed by atoms with Crippen molar-refractivity contribution in [2.24, 2.45) is 0 Å². The highest BCUT2D eigenvalue weighted by molar-refractivity contribution is 5.41. The second-order valence-electron chi connectivity index (χ2n) is 4.75. The molecule has 1 aliphatic heterocycles. The number of anilines is 2. The zero-order valence-electron chi connectivity index (χ0n) is 11.3. The van der Waals surface area contributed by atoms with E-state index < -0.39 is 0 Å². The van der Waals surface area contributed by atoms with Gasteiger partial charge in [-0.05, 0) is 19.1 Å². The average Bonchev–Trinajstić information content (AvgIpc) is 2.48. The normalized spacial score (nSPS) is 15.4. The number of aryl methyl sites for hydroxylation is 1. The zero-order valence-corrected chi connectivity index (χ0v) is 11.3. The molecule has 20 heavy (non-hydrogen) atoms. The van der Waals surface area contributed by atoms with Crippen LogP contribution in [0.25, 0.3) is 0 Å². The summed E-state index contributed by atoms with van der Waals surface area (Å²) in [6.45, 7) is 5.30. The molecule has 0 atom stereocenters. The fourth-order valence-corrected chi connectivity index (χ4v) is 2.24. The largest absolute Gasteiger partial charge is 0.352 e. The molecule has 2 aromatic rings. The van der Waals surface area contributed by atoms with Crippen molar-refractivity contribution in [2.45, 2.75) is 6.92 Å². The van der Waals surface area contributed by atoms with E-state index in [1.54, 1.807) is 12.3 Å². The Balaban J connectivity index is 1.67. The molecule has 0 radical (unpaired) electrons. The van der Waals surface area contributed by atoms with Crippen LogP contribution in [-0.2, 0) is 0 Å². The highest BCUT2D eigenvalue weighted by Gasteiger charge is 2.19. The standard InChI is InChI=1S/C13H16N6O/c1-10-4-5-14-13(15-10)19-8-6-18(7-9-19)11-2-3-12(20)17-16-11/h2-5H,6-9H2,1H3,(H,17,20). The number of nitrogens with zero attached hydrogens (tertiary/aromatic N) is 5. The van der Waals surface area contributed by atoms with Crippen LogP contribution in [0.15, 0.2) is 29.2 Å². The number of H-pyrrole nitrogens is 1. The van der Waals surface area contributed by atoms with Gasteiger partial charge in [0, 0.05) is 44.1 Å². The lowest BCUT2D eigenvalue weighted by atomic mass is 10.3. The van der Waals surface area contributed by atoms with Crippen LogP contribution in [0.3, 0.4) is 0 Å². The summed E-state index contributed by atoms with van der Waals surface area (Å²) in [7, 11) is 0. The predicted octanol–water partition coefficient (Wildman–Crippen LogP) is 0.195. The van der Waals surface area contributed by atoms with Crippen LogP contribution in [0.2, 0.25) is 0 Å². The van der Waals surface area contributed by atoms with E-state index >= 15 is 0 Å². The van der Waals surface area contributed by atoms with E-state index in [1.165, 1.54) is 6.07 Å². The van der Waals surface area contributed by atoms with Crippen molar-refractivity contribution >= 4 is 11.8 Å². The van der Waals surface area contributed by atoms with Gasteiger partial charge in [-0.15, -0.1) is 0 Å². The predicted molar refractivity (Wildman–Crippen MR) is 76.1 cm³/mol. The van der Waals surface area contributed by atoms with Crippen LogP contribution in [0, 0.1) is 6.92 Å². The smallest absolute Gasteiger partial charge is 0.264 e. The zero-order chi connectivity index (χ0) is 13.9. The number of aromatic amines is 1. The Morgan fingerprint density at radius 1 is 1.10 bits per heavy atom. The summed E-state index contributed by atoms with van der Waals surface area (Å²) in [5.74, 6) is 1.58. The van der Waals surface area contributed by atoms with Gasteiger partial charge in [0.25, 0.3) is 5.56 Å². The van der Waals surface area contributed by atoms with Gasteiger partial charge in [0.2, 0.25) is 5.95 Å². The first-order chi connectivity index (χ1) is 9.72. The van der Waals surface area contributed by atoms with Gasteiger partial charge in [0.15, 0.2) is 0 Å². The summed E-state index contributed by atoms with van der Waals surface area (Å²) >= 11 is 0. The maximum atomic E-state index is 11.0. The van der Waals surface area contributed by atoms with E-state index in [0.717, 1.165) is 43.6 Å². The molecule has 0 unspecified atom stereocenters. The van der Waals surface area contributed by atoms with Crippen LogP contribution in [-0.4, -0.2) is 46.3 Å². The highest BCUT2D eigenvalue weighted by atomic mass is 16.1. The molecule has 2 aromatic heterocycles. The molecule has 3 heterocycles. The molecule has 0 saturated carbocycles. The SMILES string of the molecule is Cc1ccnc(N2CCN(c3ccc(=O)[nH]n3)CC2)n1. The number of hydrogen-bond donors (Lipinski definition) is 1. The second kappa shape index (κ2) is 5.28. The molecule has 0 amide bonds. The Bertz CT molecular complexity index is 627. The maximum Gasteiger partial charge on any atom is 0.264 e. The van der Waals surface area contributed by atoms with Gasteiger partial charge in [-0.1, -0.05) is 0 Å². The Morgan fingerprint density at radius 3 is 2.50 bits per heavy atom. The Hall–Kier alpha value is -2.44. The van der Waals surface area contributed by atoms with Crippen molar-refractivity contribution in [1.82, 2.24) is 20.2 Å². The fraction of sp³-hybridized carbons (Fsp3) is 0.385. The number of hydrogen-bond acceptors (Lipinski definition) is 6. The van der Waals surface area contributed by atoms with Crippen molar-refractivity contribution in [3.8, 4) is 0 Å². The third-order valence-electron chi connectivity index (χ3n) is 3.33. The Kier molecular flexibility index (Phi) is 3.32. The molecule has 0 aromatic carbocycles. The van der Waals surface area contributed by atoms with Gasteiger partial charge in [-0.2, -0.15) is 5.10 Å². The Labute approximate surface area is 116 Å². The minimum absolute atomic E-state index is 0.180. The molecular formula is C13H16N6O. The molecule has 0 aliphatic carbocycles. The monoisotopic (exact) mass is 272 g/mol. The molecule has 1 aliphatic rings. The highest BCUT2D eigenvalue weighted by Crippen LogP contribution is 2.14. The molecule has 0 bridgehead atoms. The van der Waals surface area contributed by atoms with Crippen molar-refractivity contribution < 1.29 is 0 Å². The molecule has 7 heteroatoms. The second-order valence-corrected chi connectivity index (χ2v) is 4.75. The number of nitrogens with one attached hydrogen (secondary N) is 1. The van der Waals surface area contributed by atoms with Crippen molar-refractivity contribution in [3.63, 3.8) is 0 Å². The third-order valence-corrected chi connectivity index (χ3v) is 3.33. The van der Waals surface area contributed by atoms with E-state index in [-0.39, 0.29) is 5.56 Å². The van der Waals surface area contributed by atoms with Gasteiger partial charge >= 0.3 is 0 Å². The Morgan fingerprint density at radius 2 is 1.85 bits per heavy atom. The summed E-state index contributed by atoms with van der Waals surface area (Å²) in [5.41, 5.74) is 0.792. The molecule has 1 N–H and O–H groups in total. The maximum absolute atomic E-state index is 11.0. The molecular weight excluding hydrogens is 256 g/mol. The minimum Gasteiger partial charge on any atom is -0.352 e. The lowest BCUT2D eigenvalue weighted by Gasteiger charge is -2.35. The van der Waals surface area contributed by atoms with E-state index in [0.29, 0.717) is 0 Å². The molecule has 3 rings (SSSR count). The first kappa shape index (κ1) is 12.6. The van der Waals surface area contributed by atoms with E-state index in [2.05, 4.69) is 30.0 Å².